The first-order chi connectivity index (χ1) is 16.9. The van der Waals surface area contributed by atoms with Gasteiger partial charge in [0.1, 0.15) is 17.3 Å². The van der Waals surface area contributed by atoms with Crippen molar-refractivity contribution in [2.24, 2.45) is 23.7 Å². The highest BCUT2D eigenvalue weighted by atomic mass is 79.9. The zero-order valence-corrected chi connectivity index (χ0v) is 21.3. The number of hydrogen-bond donors (Lipinski definition) is 0. The highest BCUT2D eigenvalue weighted by molar-refractivity contribution is 9.10. The van der Waals surface area contributed by atoms with Crippen molar-refractivity contribution in [3.63, 3.8) is 0 Å². The topological polar surface area (TPSA) is 37.4 Å². The number of rotatable bonds is 3. The van der Waals surface area contributed by atoms with Crippen LogP contribution in [0.15, 0.2) is 93.4 Å². The molecule has 1 saturated heterocycles. The summed E-state index contributed by atoms with van der Waals surface area (Å²) < 4.78 is 30.9. The van der Waals surface area contributed by atoms with Crippen molar-refractivity contribution in [3.05, 3.63) is 116 Å². The van der Waals surface area contributed by atoms with Gasteiger partial charge in [-0.25, -0.2) is 13.7 Å². The summed E-state index contributed by atoms with van der Waals surface area (Å²) in [7, 11) is 0. The van der Waals surface area contributed by atoms with E-state index in [-0.39, 0.29) is 11.8 Å². The van der Waals surface area contributed by atoms with Crippen molar-refractivity contribution >= 4 is 54.9 Å². The van der Waals surface area contributed by atoms with Gasteiger partial charge in [-0.15, -0.1) is 0 Å². The van der Waals surface area contributed by atoms with E-state index in [1.165, 1.54) is 6.07 Å². The number of carbonyl (C=O) groups excluding carboxylic acids is 2. The quantitative estimate of drug-likeness (QED) is 0.243. The van der Waals surface area contributed by atoms with E-state index in [1.807, 2.05) is 60.7 Å². The third-order valence-electron chi connectivity index (χ3n) is 7.13. The number of amides is 2. The second kappa shape index (κ2) is 8.35. The maximum absolute atomic E-state index is 14.5. The predicted octanol–water partition coefficient (Wildman–Crippen LogP) is 6.91. The van der Waals surface area contributed by atoms with Crippen LogP contribution in [0.3, 0.4) is 0 Å². The van der Waals surface area contributed by atoms with E-state index >= 15 is 0 Å². The van der Waals surface area contributed by atoms with E-state index in [0.717, 1.165) is 48.3 Å². The van der Waals surface area contributed by atoms with Gasteiger partial charge >= 0.3 is 0 Å². The summed E-state index contributed by atoms with van der Waals surface area (Å²) in [6.45, 7) is 0. The lowest BCUT2D eigenvalue weighted by atomic mass is 9.85. The molecule has 0 N–H and O–H groups in total. The number of fused-ring (bicyclic) bond motifs is 5. The predicted molar refractivity (Wildman–Crippen MR) is 136 cm³/mol. The molecule has 0 spiro atoms. The lowest BCUT2D eigenvalue weighted by molar-refractivity contribution is -0.123. The van der Waals surface area contributed by atoms with Crippen molar-refractivity contribution in [2.45, 2.75) is 0 Å². The largest absolute Gasteiger partial charge is 0.274 e. The first-order valence-electron chi connectivity index (χ1n) is 11.1. The minimum absolute atomic E-state index is 0.330. The molecule has 6 rings (SSSR count). The van der Waals surface area contributed by atoms with Crippen LogP contribution in [-0.4, -0.2) is 11.8 Å². The maximum atomic E-state index is 14.5. The highest BCUT2D eigenvalue weighted by Crippen LogP contribution is 2.59. The molecule has 2 fully saturated rings. The lowest BCUT2D eigenvalue weighted by Crippen LogP contribution is -2.34. The van der Waals surface area contributed by atoms with Crippen LogP contribution in [0, 0.1) is 35.3 Å². The molecule has 0 aromatic heterocycles. The first-order valence-corrected chi connectivity index (χ1v) is 12.7. The van der Waals surface area contributed by atoms with Crippen LogP contribution in [0.2, 0.25) is 0 Å². The molecular weight excluding hydrogens is 580 g/mol. The molecule has 174 valence electrons. The summed E-state index contributed by atoms with van der Waals surface area (Å²) in [5.74, 6) is -4.98. The number of carbonyl (C=O) groups is 2. The van der Waals surface area contributed by atoms with Gasteiger partial charge in [-0.1, -0.05) is 74.3 Å². The van der Waals surface area contributed by atoms with Crippen LogP contribution < -0.4 is 4.90 Å². The normalized spacial score (nSPS) is 24.5. The summed E-state index contributed by atoms with van der Waals surface area (Å²) in [6, 6.07) is 19.2. The fourth-order valence-electron chi connectivity index (χ4n) is 5.75. The summed E-state index contributed by atoms with van der Waals surface area (Å²) >= 11 is 6.97. The van der Waals surface area contributed by atoms with Gasteiger partial charge in [-0.05, 0) is 58.7 Å². The molecule has 3 nitrogen and oxygen atoms in total. The fraction of sp³-hybridized carbons (Fsp3) is 0.143. The Hall–Kier alpha value is -2.90. The molecule has 3 aromatic rings. The Balaban J connectivity index is 1.50. The number of imide groups is 1. The van der Waals surface area contributed by atoms with Gasteiger partial charge in [0.25, 0.3) is 0 Å². The number of hydrogen-bond acceptors (Lipinski definition) is 2. The summed E-state index contributed by atoms with van der Waals surface area (Å²) in [6.07, 6.45) is 3.93. The standard InChI is InChI=1S/C28H17Br2F2NO2/c29-16-8-4-14(5-9-16)22(15-6-10-17(30)11-7-15)23-18-12-13-19(23)25-24(18)27(34)33(28(25)35)26-20(31)2-1-3-21(26)32/h1-13,18-19,24-25H/t18-,19-,24+,25+/m0/s1. The molecule has 4 atom stereocenters. The molecule has 1 aliphatic heterocycles. The third-order valence-corrected chi connectivity index (χ3v) is 8.19. The van der Waals surface area contributed by atoms with Crippen LogP contribution >= 0.6 is 31.9 Å². The smallest absolute Gasteiger partial charge is 0.238 e. The SMILES string of the molecule is O=C1[C@H]2[C@H](C(=O)N1c1c(F)cccc1F)[C@H]1C=C[C@H]2C1=C(c1ccc(Br)cc1)c1ccc(Br)cc1. The van der Waals surface area contributed by atoms with Gasteiger partial charge in [0.05, 0.1) is 11.8 Å². The molecule has 2 bridgehead atoms. The Labute approximate surface area is 217 Å². The van der Waals surface area contributed by atoms with Gasteiger partial charge < -0.3 is 0 Å². The molecule has 1 saturated carbocycles. The zero-order valence-electron chi connectivity index (χ0n) is 18.1. The van der Waals surface area contributed by atoms with E-state index in [1.54, 1.807) is 0 Å². The molecule has 35 heavy (non-hydrogen) atoms. The van der Waals surface area contributed by atoms with Crippen LogP contribution in [0.5, 0.6) is 0 Å². The zero-order chi connectivity index (χ0) is 24.4. The Kier molecular flexibility index (Phi) is 5.38. The molecule has 3 aromatic carbocycles. The van der Waals surface area contributed by atoms with Crippen molar-refractivity contribution in [1.29, 1.82) is 0 Å². The van der Waals surface area contributed by atoms with E-state index in [2.05, 4.69) is 31.9 Å². The van der Waals surface area contributed by atoms with Gasteiger partial charge in [-0.3, -0.25) is 9.59 Å². The van der Waals surface area contributed by atoms with Gasteiger partial charge in [0.15, 0.2) is 0 Å². The van der Waals surface area contributed by atoms with Crippen molar-refractivity contribution < 1.29 is 18.4 Å². The molecule has 0 radical (unpaired) electrons. The first kappa shape index (κ1) is 22.6. The second-order valence-electron chi connectivity index (χ2n) is 8.91. The minimum Gasteiger partial charge on any atom is -0.274 e. The second-order valence-corrected chi connectivity index (χ2v) is 10.7. The minimum atomic E-state index is -0.923. The average molecular weight is 597 g/mol. The monoisotopic (exact) mass is 595 g/mol. The van der Waals surface area contributed by atoms with E-state index < -0.39 is 41.0 Å². The van der Waals surface area contributed by atoms with Crippen molar-refractivity contribution in [3.8, 4) is 0 Å². The number of benzene rings is 3. The molecule has 1 heterocycles. The van der Waals surface area contributed by atoms with Gasteiger partial charge in [-0.2, -0.15) is 0 Å². The van der Waals surface area contributed by atoms with E-state index in [9.17, 15) is 18.4 Å². The highest BCUT2D eigenvalue weighted by Gasteiger charge is 2.63. The van der Waals surface area contributed by atoms with Gasteiger partial charge in [0, 0.05) is 20.8 Å². The maximum Gasteiger partial charge on any atom is 0.238 e. The van der Waals surface area contributed by atoms with Crippen molar-refractivity contribution in [2.75, 3.05) is 4.90 Å². The fourth-order valence-corrected chi connectivity index (χ4v) is 6.28. The van der Waals surface area contributed by atoms with Crippen molar-refractivity contribution in [1.82, 2.24) is 0 Å². The Bertz CT molecular complexity index is 1350. The summed E-state index contributed by atoms with van der Waals surface area (Å²) in [5, 5.41) is 0. The van der Waals surface area contributed by atoms with Crippen LogP contribution in [0.1, 0.15) is 11.1 Å². The molecule has 3 aliphatic rings. The summed E-state index contributed by atoms with van der Waals surface area (Å²) in [5.41, 5.74) is 3.34. The lowest BCUT2D eigenvalue weighted by Gasteiger charge is -2.22. The third kappa shape index (κ3) is 3.39. The van der Waals surface area contributed by atoms with E-state index in [4.69, 9.17) is 0 Å². The molecule has 0 unspecified atom stereocenters. The van der Waals surface area contributed by atoms with Gasteiger partial charge in [0.2, 0.25) is 11.8 Å². The summed E-state index contributed by atoms with van der Waals surface area (Å²) in [4.78, 5) is 27.8. The Morgan fingerprint density at radius 2 is 1.11 bits per heavy atom. The number of nitrogens with zero attached hydrogens (tertiary/aromatic N) is 1. The number of para-hydroxylation sites is 1. The average Bonchev–Trinajstić information content (AvgIpc) is 3.47. The molecule has 7 heteroatoms. The van der Waals surface area contributed by atoms with Crippen LogP contribution in [-0.2, 0) is 9.59 Å². The Morgan fingerprint density at radius 3 is 1.54 bits per heavy atom. The number of allylic oxidation sites excluding steroid dienone is 3. The molecule has 2 amide bonds. The molecule has 2 aliphatic carbocycles. The number of halogens is 4. The van der Waals surface area contributed by atoms with Crippen LogP contribution in [0.4, 0.5) is 14.5 Å². The van der Waals surface area contributed by atoms with E-state index in [0.29, 0.717) is 0 Å². The van der Waals surface area contributed by atoms with Crippen LogP contribution in [0.25, 0.3) is 5.57 Å². The Morgan fingerprint density at radius 1 is 0.686 bits per heavy atom. The number of anilines is 1. The molecular formula is C28H17Br2F2NO2.